The van der Waals surface area contributed by atoms with Gasteiger partial charge in [0.05, 0.1) is 13.2 Å². The number of carbonyl (C=O) groups is 3. The minimum Gasteiger partial charge on any atom is -0.480 e. The molecule has 0 spiro atoms. The van der Waals surface area contributed by atoms with Crippen molar-refractivity contribution in [2.24, 2.45) is 0 Å². The average Bonchev–Trinajstić information content (AvgIpc) is 3.24. The van der Waals surface area contributed by atoms with E-state index in [4.69, 9.17) is 14.6 Å². The molecule has 1 saturated carbocycles. The van der Waals surface area contributed by atoms with Crippen LogP contribution >= 0.6 is 0 Å². The Morgan fingerprint density at radius 2 is 1.90 bits per heavy atom. The van der Waals surface area contributed by atoms with Gasteiger partial charge in [-0.05, 0) is 19.8 Å². The number of hydrogen-bond donors (Lipinski definition) is 1. The number of urea groups is 1. The summed E-state index contributed by atoms with van der Waals surface area (Å²) in [5, 5.41) is 8.89. The number of nitrogens with zero attached hydrogens (tertiary/aromatic N) is 2. The van der Waals surface area contributed by atoms with E-state index >= 15 is 0 Å². The van der Waals surface area contributed by atoms with Crippen LogP contribution in [0.2, 0.25) is 0 Å². The predicted octanol–water partition coefficient (Wildman–Crippen LogP) is 0.167. The van der Waals surface area contributed by atoms with Gasteiger partial charge < -0.3 is 24.4 Å². The zero-order chi connectivity index (χ0) is 15.8. The van der Waals surface area contributed by atoms with Crippen LogP contribution in [0.3, 0.4) is 0 Å². The first-order valence-corrected chi connectivity index (χ1v) is 6.91. The van der Waals surface area contributed by atoms with Crippen LogP contribution in [0.15, 0.2) is 0 Å². The predicted molar refractivity (Wildman–Crippen MR) is 72.8 cm³/mol. The molecule has 1 aliphatic carbocycles. The Hall–Kier alpha value is -1.83. The van der Waals surface area contributed by atoms with E-state index in [1.807, 2.05) is 0 Å². The molecule has 0 aromatic heterocycles. The number of carbonyl (C=O) groups excluding carboxylic acids is 2. The first-order chi connectivity index (χ1) is 9.99. The normalized spacial score (nSPS) is 13.6. The number of aliphatic carboxylic acids is 1. The van der Waals surface area contributed by atoms with Crippen LogP contribution in [-0.2, 0) is 19.1 Å². The van der Waals surface area contributed by atoms with Crippen molar-refractivity contribution in [3.05, 3.63) is 0 Å². The highest BCUT2D eigenvalue weighted by atomic mass is 16.5. The van der Waals surface area contributed by atoms with E-state index in [-0.39, 0.29) is 32.3 Å². The van der Waals surface area contributed by atoms with Gasteiger partial charge in [-0.25, -0.2) is 4.79 Å². The summed E-state index contributed by atoms with van der Waals surface area (Å²) in [6.45, 7) is 1.75. The van der Waals surface area contributed by atoms with Crippen LogP contribution in [0.4, 0.5) is 4.79 Å². The molecule has 120 valence electrons. The van der Waals surface area contributed by atoms with E-state index in [0.29, 0.717) is 0 Å². The zero-order valence-corrected chi connectivity index (χ0v) is 12.4. The SMILES string of the molecule is CCOC(=O)CN(C(=O)N(CCOC)CC(=O)O)C1CC1. The van der Waals surface area contributed by atoms with Gasteiger partial charge in [0.1, 0.15) is 13.1 Å². The third-order valence-corrected chi connectivity index (χ3v) is 3.00. The zero-order valence-electron chi connectivity index (χ0n) is 12.4. The standard InChI is InChI=1S/C13H22N2O6/c1-3-21-12(18)9-15(10-4-5-10)13(19)14(6-7-20-2)8-11(16)17/h10H,3-9H2,1-2H3,(H,16,17). The number of rotatable bonds is 9. The lowest BCUT2D eigenvalue weighted by molar-refractivity contribution is -0.144. The Morgan fingerprint density at radius 3 is 2.38 bits per heavy atom. The summed E-state index contributed by atoms with van der Waals surface area (Å²) in [6, 6.07) is -0.481. The maximum Gasteiger partial charge on any atom is 0.325 e. The van der Waals surface area contributed by atoms with E-state index in [1.54, 1.807) is 6.92 Å². The van der Waals surface area contributed by atoms with Crippen LogP contribution in [0.1, 0.15) is 19.8 Å². The van der Waals surface area contributed by atoms with Gasteiger partial charge >= 0.3 is 18.0 Å². The van der Waals surface area contributed by atoms with Crippen LogP contribution in [-0.4, -0.2) is 78.9 Å². The average molecular weight is 302 g/mol. The molecule has 2 amide bonds. The molecular formula is C13H22N2O6. The molecule has 0 atom stereocenters. The highest BCUT2D eigenvalue weighted by Crippen LogP contribution is 2.27. The van der Waals surface area contributed by atoms with E-state index < -0.39 is 24.5 Å². The van der Waals surface area contributed by atoms with Crippen molar-refractivity contribution in [3.63, 3.8) is 0 Å². The van der Waals surface area contributed by atoms with Gasteiger partial charge in [0.15, 0.2) is 0 Å². The fraction of sp³-hybridized carbons (Fsp3) is 0.769. The van der Waals surface area contributed by atoms with E-state index in [1.165, 1.54) is 16.9 Å². The summed E-state index contributed by atoms with van der Waals surface area (Å²) in [5.74, 6) is -1.59. The molecular weight excluding hydrogens is 280 g/mol. The third kappa shape index (κ3) is 5.99. The molecule has 1 N–H and O–H groups in total. The molecule has 1 fully saturated rings. The van der Waals surface area contributed by atoms with Gasteiger partial charge in [-0.2, -0.15) is 0 Å². The van der Waals surface area contributed by atoms with Crippen molar-refractivity contribution < 1.29 is 29.0 Å². The first-order valence-electron chi connectivity index (χ1n) is 6.91. The summed E-state index contributed by atoms with van der Waals surface area (Å²) in [5.41, 5.74) is 0. The smallest absolute Gasteiger partial charge is 0.325 e. The molecule has 1 aliphatic rings. The van der Waals surface area contributed by atoms with Gasteiger partial charge in [-0.1, -0.05) is 0 Å². The molecule has 0 saturated heterocycles. The fourth-order valence-corrected chi connectivity index (χ4v) is 1.87. The summed E-state index contributed by atoms with van der Waals surface area (Å²) < 4.78 is 9.73. The Bertz CT molecular complexity index is 383. The summed E-state index contributed by atoms with van der Waals surface area (Å²) >= 11 is 0. The Kier molecular flexibility index (Phi) is 6.93. The first kappa shape index (κ1) is 17.2. The van der Waals surface area contributed by atoms with E-state index in [9.17, 15) is 14.4 Å². The van der Waals surface area contributed by atoms with Crippen LogP contribution in [0, 0.1) is 0 Å². The molecule has 8 nitrogen and oxygen atoms in total. The molecule has 1 rings (SSSR count). The summed E-state index contributed by atoms with van der Waals surface area (Å²) in [7, 11) is 1.47. The quantitative estimate of drug-likeness (QED) is 0.610. The highest BCUT2D eigenvalue weighted by molar-refractivity contribution is 5.84. The Morgan fingerprint density at radius 1 is 1.24 bits per heavy atom. The minimum absolute atomic E-state index is 0.0132. The van der Waals surface area contributed by atoms with Gasteiger partial charge in [-0.3, -0.25) is 9.59 Å². The van der Waals surface area contributed by atoms with E-state index in [2.05, 4.69) is 0 Å². The van der Waals surface area contributed by atoms with Crippen LogP contribution < -0.4 is 0 Å². The minimum atomic E-state index is -1.11. The molecule has 0 aliphatic heterocycles. The maximum atomic E-state index is 12.4. The number of carboxylic acids is 1. The van der Waals surface area contributed by atoms with Crippen LogP contribution in [0.25, 0.3) is 0 Å². The molecule has 0 heterocycles. The fourth-order valence-electron chi connectivity index (χ4n) is 1.87. The molecule has 0 aromatic carbocycles. The lowest BCUT2D eigenvalue weighted by Crippen LogP contribution is -2.49. The van der Waals surface area contributed by atoms with Crippen molar-refractivity contribution in [3.8, 4) is 0 Å². The van der Waals surface area contributed by atoms with Crippen molar-refractivity contribution in [1.29, 1.82) is 0 Å². The number of hydrogen-bond acceptors (Lipinski definition) is 5. The Balaban J connectivity index is 2.70. The second kappa shape index (κ2) is 8.46. The van der Waals surface area contributed by atoms with Gasteiger partial charge in [0.2, 0.25) is 0 Å². The lowest BCUT2D eigenvalue weighted by Gasteiger charge is -2.29. The van der Waals surface area contributed by atoms with Gasteiger partial charge in [-0.15, -0.1) is 0 Å². The summed E-state index contributed by atoms with van der Waals surface area (Å²) in [4.78, 5) is 37.4. The number of esters is 1. The third-order valence-electron chi connectivity index (χ3n) is 3.00. The second-order valence-electron chi connectivity index (χ2n) is 4.75. The van der Waals surface area contributed by atoms with Gasteiger partial charge in [0.25, 0.3) is 0 Å². The van der Waals surface area contributed by atoms with Crippen molar-refractivity contribution in [1.82, 2.24) is 9.80 Å². The number of amides is 2. The summed E-state index contributed by atoms with van der Waals surface area (Å²) in [6.07, 6.45) is 1.63. The molecule has 8 heteroatoms. The number of carboxylic acid groups (broad SMARTS) is 1. The lowest BCUT2D eigenvalue weighted by atomic mass is 10.4. The largest absolute Gasteiger partial charge is 0.480 e. The van der Waals surface area contributed by atoms with Crippen LogP contribution in [0.5, 0.6) is 0 Å². The van der Waals surface area contributed by atoms with Crippen molar-refractivity contribution >= 4 is 18.0 Å². The molecule has 0 aromatic rings. The van der Waals surface area contributed by atoms with E-state index in [0.717, 1.165) is 12.8 Å². The molecule has 0 bridgehead atoms. The maximum absolute atomic E-state index is 12.4. The van der Waals surface area contributed by atoms with Gasteiger partial charge in [0, 0.05) is 19.7 Å². The molecule has 0 unspecified atom stereocenters. The van der Waals surface area contributed by atoms with Crippen molar-refractivity contribution in [2.75, 3.05) is 40.0 Å². The second-order valence-corrected chi connectivity index (χ2v) is 4.75. The highest BCUT2D eigenvalue weighted by Gasteiger charge is 2.36. The monoisotopic (exact) mass is 302 g/mol. The topological polar surface area (TPSA) is 96.4 Å². The molecule has 21 heavy (non-hydrogen) atoms. The Labute approximate surface area is 123 Å². The number of methoxy groups -OCH3 is 1. The number of ether oxygens (including phenoxy) is 2. The molecule has 0 radical (unpaired) electrons. The van der Waals surface area contributed by atoms with Crippen molar-refractivity contribution in [2.45, 2.75) is 25.8 Å².